The van der Waals surface area contributed by atoms with Gasteiger partial charge in [0.2, 0.25) is 5.91 Å². The first kappa shape index (κ1) is 17.1. The van der Waals surface area contributed by atoms with Crippen LogP contribution in [0.3, 0.4) is 0 Å². The van der Waals surface area contributed by atoms with Crippen molar-refractivity contribution >= 4 is 23.6 Å². The number of thioether (sulfide) groups is 1. The Hall–Kier alpha value is -2.27. The number of benzene rings is 2. The van der Waals surface area contributed by atoms with E-state index in [9.17, 15) is 9.59 Å². The molecule has 0 saturated heterocycles. The zero-order valence-electron chi connectivity index (χ0n) is 13.2. The van der Waals surface area contributed by atoms with Gasteiger partial charge in [-0.2, -0.15) is 0 Å². The maximum atomic E-state index is 12.5. The SMILES string of the molecule is Cc1ccc(C(C)NC(=O)c2ccccc2SCC(N)=O)cc1. The van der Waals surface area contributed by atoms with Crippen LogP contribution in [0.15, 0.2) is 53.4 Å². The Morgan fingerprint density at radius 3 is 2.43 bits per heavy atom. The van der Waals surface area contributed by atoms with Gasteiger partial charge >= 0.3 is 0 Å². The van der Waals surface area contributed by atoms with E-state index in [1.54, 1.807) is 12.1 Å². The summed E-state index contributed by atoms with van der Waals surface area (Å²) in [5, 5.41) is 2.99. The van der Waals surface area contributed by atoms with Crippen LogP contribution >= 0.6 is 11.8 Å². The van der Waals surface area contributed by atoms with E-state index < -0.39 is 5.91 Å². The lowest BCUT2D eigenvalue weighted by Gasteiger charge is -2.16. The molecule has 0 saturated carbocycles. The molecule has 2 rings (SSSR count). The third-order valence-electron chi connectivity index (χ3n) is 3.43. The zero-order chi connectivity index (χ0) is 16.8. The molecule has 4 nitrogen and oxygen atoms in total. The Morgan fingerprint density at radius 2 is 1.78 bits per heavy atom. The van der Waals surface area contributed by atoms with Crippen LogP contribution in [0.4, 0.5) is 0 Å². The first-order chi connectivity index (χ1) is 11.0. The van der Waals surface area contributed by atoms with Crippen LogP contribution in [0.25, 0.3) is 0 Å². The molecule has 0 radical (unpaired) electrons. The van der Waals surface area contributed by atoms with Crippen molar-refractivity contribution < 1.29 is 9.59 Å². The fraction of sp³-hybridized carbons (Fsp3) is 0.222. The van der Waals surface area contributed by atoms with Crippen LogP contribution in [-0.4, -0.2) is 17.6 Å². The highest BCUT2D eigenvalue weighted by atomic mass is 32.2. The molecule has 2 aromatic rings. The minimum absolute atomic E-state index is 0.0997. The van der Waals surface area contributed by atoms with Crippen molar-refractivity contribution in [3.05, 3.63) is 65.2 Å². The van der Waals surface area contributed by atoms with Crippen LogP contribution in [-0.2, 0) is 4.79 Å². The third-order valence-corrected chi connectivity index (χ3v) is 4.52. The molecule has 2 aromatic carbocycles. The molecule has 0 aromatic heterocycles. The number of carbonyl (C=O) groups is 2. The molecule has 1 unspecified atom stereocenters. The molecule has 23 heavy (non-hydrogen) atoms. The van der Waals surface area contributed by atoms with Gasteiger partial charge in [0, 0.05) is 4.90 Å². The predicted molar refractivity (Wildman–Crippen MR) is 93.4 cm³/mol. The highest BCUT2D eigenvalue weighted by Crippen LogP contribution is 2.23. The monoisotopic (exact) mass is 328 g/mol. The summed E-state index contributed by atoms with van der Waals surface area (Å²) in [5.74, 6) is -0.415. The number of hydrogen-bond acceptors (Lipinski definition) is 3. The molecule has 0 fully saturated rings. The molecule has 0 spiro atoms. The summed E-state index contributed by atoms with van der Waals surface area (Å²) < 4.78 is 0. The lowest BCUT2D eigenvalue weighted by atomic mass is 10.1. The zero-order valence-corrected chi connectivity index (χ0v) is 14.0. The summed E-state index contributed by atoms with van der Waals surface area (Å²) in [5.41, 5.74) is 7.96. The first-order valence-corrected chi connectivity index (χ1v) is 8.33. The van der Waals surface area contributed by atoms with E-state index in [1.165, 1.54) is 17.3 Å². The maximum Gasteiger partial charge on any atom is 0.252 e. The molecule has 2 amide bonds. The standard InChI is InChI=1S/C18H20N2O2S/c1-12-7-9-14(10-8-12)13(2)20-18(22)15-5-3-4-6-16(15)23-11-17(19)21/h3-10,13H,11H2,1-2H3,(H2,19,21)(H,20,22). The van der Waals surface area contributed by atoms with Crippen molar-refractivity contribution in [2.24, 2.45) is 5.73 Å². The molecule has 0 aliphatic carbocycles. The molecule has 3 N–H and O–H groups in total. The Labute approximate surface area is 140 Å². The van der Waals surface area contributed by atoms with Crippen molar-refractivity contribution in [2.45, 2.75) is 24.8 Å². The summed E-state index contributed by atoms with van der Waals surface area (Å²) >= 11 is 1.27. The van der Waals surface area contributed by atoms with Crippen LogP contribution in [0, 0.1) is 6.92 Å². The van der Waals surface area contributed by atoms with E-state index in [-0.39, 0.29) is 17.7 Å². The number of nitrogens with one attached hydrogen (secondary N) is 1. The molecule has 0 bridgehead atoms. The number of carbonyl (C=O) groups excluding carboxylic acids is 2. The van der Waals surface area contributed by atoms with Gasteiger partial charge in [0.1, 0.15) is 0 Å². The predicted octanol–water partition coefficient (Wildman–Crippen LogP) is 3.06. The van der Waals surface area contributed by atoms with Crippen LogP contribution in [0.5, 0.6) is 0 Å². The summed E-state index contributed by atoms with van der Waals surface area (Å²) in [6, 6.07) is 15.2. The normalized spacial score (nSPS) is 11.7. The number of nitrogens with two attached hydrogens (primary N) is 1. The van der Waals surface area contributed by atoms with E-state index in [1.807, 2.05) is 50.2 Å². The van der Waals surface area contributed by atoms with Gasteiger partial charge in [0.05, 0.1) is 17.4 Å². The Morgan fingerprint density at radius 1 is 1.13 bits per heavy atom. The topological polar surface area (TPSA) is 72.2 Å². The molecular formula is C18H20N2O2S. The minimum atomic E-state index is -0.404. The smallest absolute Gasteiger partial charge is 0.252 e. The van der Waals surface area contributed by atoms with Gasteiger partial charge < -0.3 is 11.1 Å². The number of aryl methyl sites for hydroxylation is 1. The van der Waals surface area contributed by atoms with E-state index in [0.717, 1.165) is 10.5 Å². The quantitative estimate of drug-likeness (QED) is 0.801. The average molecular weight is 328 g/mol. The van der Waals surface area contributed by atoms with Gasteiger partial charge in [-0.05, 0) is 31.5 Å². The Balaban J connectivity index is 2.11. The molecule has 0 heterocycles. The fourth-order valence-electron chi connectivity index (χ4n) is 2.14. The van der Waals surface area contributed by atoms with Crippen LogP contribution < -0.4 is 11.1 Å². The summed E-state index contributed by atoms with van der Waals surface area (Å²) in [6.45, 7) is 3.97. The number of rotatable bonds is 6. The second-order valence-corrected chi connectivity index (χ2v) is 6.37. The van der Waals surface area contributed by atoms with Crippen molar-refractivity contribution in [1.82, 2.24) is 5.32 Å². The summed E-state index contributed by atoms with van der Waals surface area (Å²) in [7, 11) is 0. The molecule has 0 aliphatic heterocycles. The molecule has 1 atom stereocenters. The lowest BCUT2D eigenvalue weighted by molar-refractivity contribution is -0.115. The molecular weight excluding hydrogens is 308 g/mol. The van der Waals surface area contributed by atoms with Gasteiger partial charge in [0.25, 0.3) is 5.91 Å². The summed E-state index contributed by atoms with van der Waals surface area (Å²) in [6.07, 6.45) is 0. The van der Waals surface area contributed by atoms with Gasteiger partial charge in [-0.3, -0.25) is 9.59 Å². The van der Waals surface area contributed by atoms with Crippen molar-refractivity contribution in [2.75, 3.05) is 5.75 Å². The minimum Gasteiger partial charge on any atom is -0.369 e. The molecule has 0 aliphatic rings. The Kier molecular flexibility index (Phi) is 5.82. The van der Waals surface area contributed by atoms with Crippen LogP contribution in [0.2, 0.25) is 0 Å². The van der Waals surface area contributed by atoms with Crippen LogP contribution in [0.1, 0.15) is 34.5 Å². The van der Waals surface area contributed by atoms with E-state index in [0.29, 0.717) is 5.56 Å². The number of amides is 2. The molecule has 5 heteroatoms. The van der Waals surface area contributed by atoms with Gasteiger partial charge in [-0.1, -0.05) is 42.0 Å². The van der Waals surface area contributed by atoms with Gasteiger partial charge in [-0.25, -0.2) is 0 Å². The second-order valence-electron chi connectivity index (χ2n) is 5.36. The van der Waals surface area contributed by atoms with E-state index in [2.05, 4.69) is 5.32 Å². The third kappa shape index (κ3) is 4.86. The molecule has 120 valence electrons. The maximum absolute atomic E-state index is 12.5. The van der Waals surface area contributed by atoms with Gasteiger partial charge in [0.15, 0.2) is 0 Å². The highest BCUT2D eigenvalue weighted by molar-refractivity contribution is 8.00. The Bertz CT molecular complexity index is 698. The van der Waals surface area contributed by atoms with Crippen molar-refractivity contribution in [3.8, 4) is 0 Å². The number of primary amides is 1. The highest BCUT2D eigenvalue weighted by Gasteiger charge is 2.15. The lowest BCUT2D eigenvalue weighted by Crippen LogP contribution is -2.27. The number of hydrogen-bond donors (Lipinski definition) is 2. The van der Waals surface area contributed by atoms with E-state index >= 15 is 0 Å². The largest absolute Gasteiger partial charge is 0.369 e. The second kappa shape index (κ2) is 7.83. The van der Waals surface area contributed by atoms with Crippen molar-refractivity contribution in [3.63, 3.8) is 0 Å². The fourth-order valence-corrected chi connectivity index (χ4v) is 2.93. The average Bonchev–Trinajstić information content (AvgIpc) is 2.53. The summed E-state index contributed by atoms with van der Waals surface area (Å²) in [4.78, 5) is 24.2. The van der Waals surface area contributed by atoms with Crippen molar-refractivity contribution in [1.29, 1.82) is 0 Å². The van der Waals surface area contributed by atoms with Gasteiger partial charge in [-0.15, -0.1) is 11.8 Å². The first-order valence-electron chi connectivity index (χ1n) is 7.35. The van der Waals surface area contributed by atoms with E-state index in [4.69, 9.17) is 5.73 Å².